The fraction of sp³-hybridized carbons (Fsp3) is 0.111. The summed E-state index contributed by atoms with van der Waals surface area (Å²) >= 11 is 1.18. The lowest BCUT2D eigenvalue weighted by Gasteiger charge is -2.11. The van der Waals surface area contributed by atoms with Crippen LogP contribution in [0.5, 0.6) is 5.75 Å². The summed E-state index contributed by atoms with van der Waals surface area (Å²) in [5, 5.41) is 21.2. The molecule has 144 valence electrons. The molecule has 3 N–H and O–H groups in total. The van der Waals surface area contributed by atoms with Crippen molar-refractivity contribution in [1.82, 2.24) is 4.98 Å². The smallest absolute Gasteiger partial charge is 0.294 e. The van der Waals surface area contributed by atoms with Gasteiger partial charge in [-0.25, -0.2) is 10.2 Å². The Labute approximate surface area is 162 Å². The van der Waals surface area contributed by atoms with Crippen molar-refractivity contribution in [3.05, 3.63) is 53.2 Å². The van der Waals surface area contributed by atoms with E-state index >= 15 is 0 Å². The fourth-order valence-corrected chi connectivity index (χ4v) is 3.27. The molecule has 0 saturated heterocycles. The first-order valence-corrected chi connectivity index (χ1v) is 8.84. The minimum absolute atomic E-state index is 0.0214. The maximum atomic E-state index is 12.1. The molecule has 9 nitrogen and oxygen atoms in total. The highest BCUT2D eigenvalue weighted by Crippen LogP contribution is 2.29. The van der Waals surface area contributed by atoms with Crippen LogP contribution in [0.2, 0.25) is 0 Å². The number of quaternary nitrogens is 1. The Morgan fingerprint density at radius 1 is 1.21 bits per heavy atom. The maximum absolute atomic E-state index is 12.1. The number of aromatic nitrogens is 1. The largest absolute Gasteiger partial charge is 0.595 e. The molecular weight excluding hydrogens is 386 g/mol. The van der Waals surface area contributed by atoms with Crippen LogP contribution >= 0.6 is 11.3 Å². The van der Waals surface area contributed by atoms with Gasteiger partial charge in [0, 0.05) is 17.7 Å². The van der Waals surface area contributed by atoms with Gasteiger partial charge in [-0.3, -0.25) is 19.7 Å². The number of carbonyl (C=O) groups excluding carboxylic acids is 3. The van der Waals surface area contributed by atoms with E-state index in [2.05, 4.69) is 10.3 Å². The summed E-state index contributed by atoms with van der Waals surface area (Å²) in [5.74, 6) is -1.79. The van der Waals surface area contributed by atoms with Crippen molar-refractivity contribution in [2.24, 2.45) is 0 Å². The molecule has 3 rings (SSSR count). The summed E-state index contributed by atoms with van der Waals surface area (Å²) in [6, 6.07) is 10.3. The Kier molecular flexibility index (Phi) is 5.76. The number of anilines is 1. The second-order valence-corrected chi connectivity index (χ2v) is 6.74. The molecule has 0 aliphatic heterocycles. The topological polar surface area (TPSA) is 133 Å². The first-order valence-electron chi connectivity index (χ1n) is 8.02. The van der Waals surface area contributed by atoms with Crippen LogP contribution < -0.4 is 15.3 Å². The van der Waals surface area contributed by atoms with Crippen molar-refractivity contribution >= 4 is 49.8 Å². The van der Waals surface area contributed by atoms with Gasteiger partial charge in [-0.1, -0.05) is 11.3 Å². The highest BCUT2D eigenvalue weighted by molar-refractivity contribution is 7.22. The highest BCUT2D eigenvalue weighted by Gasteiger charge is 2.20. The predicted octanol–water partition coefficient (Wildman–Crippen LogP) is 1.49. The van der Waals surface area contributed by atoms with Gasteiger partial charge in [-0.2, -0.15) is 5.23 Å². The van der Waals surface area contributed by atoms with Crippen molar-refractivity contribution in [3.8, 4) is 5.75 Å². The number of hydrogen-bond acceptors (Lipinski definition) is 8. The normalized spacial score (nSPS) is 11.8. The SMILES string of the molecule is COc1ccc2nc(NC(=O)C(=O)CC(=O)c3ccc([NH+]([O-])O)cc3)sc2c1. The van der Waals surface area contributed by atoms with Gasteiger partial charge in [-0.05, 0) is 30.3 Å². The first-order chi connectivity index (χ1) is 13.4. The number of thiazole rings is 1. The van der Waals surface area contributed by atoms with Crippen LogP contribution in [0.1, 0.15) is 16.8 Å². The quantitative estimate of drug-likeness (QED) is 0.236. The molecule has 3 aromatic rings. The molecule has 1 aromatic heterocycles. The lowest BCUT2D eigenvalue weighted by atomic mass is 10.1. The van der Waals surface area contributed by atoms with Gasteiger partial charge in [0.25, 0.3) is 5.91 Å². The van der Waals surface area contributed by atoms with Crippen molar-refractivity contribution in [2.45, 2.75) is 6.42 Å². The number of ether oxygens (including phenoxy) is 1. The van der Waals surface area contributed by atoms with E-state index in [1.165, 1.54) is 42.7 Å². The summed E-state index contributed by atoms with van der Waals surface area (Å²) in [6.07, 6.45) is -0.628. The van der Waals surface area contributed by atoms with E-state index in [9.17, 15) is 19.6 Å². The number of nitrogens with one attached hydrogen (secondary N) is 2. The average molecular weight is 401 g/mol. The third-order valence-corrected chi connectivity index (χ3v) is 4.78. The average Bonchev–Trinajstić information content (AvgIpc) is 3.09. The molecular formula is C18H15N3O6S. The lowest BCUT2D eigenvalue weighted by Crippen LogP contribution is -2.99. The van der Waals surface area contributed by atoms with E-state index in [-0.39, 0.29) is 16.4 Å². The van der Waals surface area contributed by atoms with E-state index in [1.54, 1.807) is 18.2 Å². The Morgan fingerprint density at radius 2 is 1.93 bits per heavy atom. The summed E-state index contributed by atoms with van der Waals surface area (Å²) in [6.45, 7) is 0. The summed E-state index contributed by atoms with van der Waals surface area (Å²) < 4.78 is 5.90. The van der Waals surface area contributed by atoms with E-state index in [0.29, 0.717) is 11.3 Å². The molecule has 2 aromatic carbocycles. The zero-order valence-corrected chi connectivity index (χ0v) is 15.4. The molecule has 0 fully saturated rings. The van der Waals surface area contributed by atoms with Gasteiger partial charge in [-0.15, -0.1) is 0 Å². The third-order valence-electron chi connectivity index (χ3n) is 3.84. The molecule has 0 saturated carbocycles. The molecule has 10 heteroatoms. The number of carbonyl (C=O) groups is 3. The van der Waals surface area contributed by atoms with E-state index in [1.807, 2.05) is 0 Å². The van der Waals surface area contributed by atoms with E-state index in [4.69, 9.17) is 9.94 Å². The number of benzene rings is 2. The molecule has 1 unspecified atom stereocenters. The Bertz CT molecular complexity index is 1050. The second-order valence-electron chi connectivity index (χ2n) is 5.71. The molecule has 0 radical (unpaired) electrons. The fourth-order valence-electron chi connectivity index (χ4n) is 2.38. The number of nitrogens with zero attached hydrogens (tertiary/aromatic N) is 1. The number of rotatable bonds is 7. The van der Waals surface area contributed by atoms with Crippen molar-refractivity contribution in [3.63, 3.8) is 0 Å². The molecule has 0 aliphatic carbocycles. The summed E-state index contributed by atoms with van der Waals surface area (Å²) in [4.78, 5) is 40.5. The second kappa shape index (κ2) is 8.23. The molecule has 0 aliphatic rings. The van der Waals surface area contributed by atoms with Gasteiger partial charge in [0.15, 0.2) is 16.6 Å². The van der Waals surface area contributed by atoms with Crippen LogP contribution in [0, 0.1) is 5.21 Å². The molecule has 0 bridgehead atoms. The zero-order valence-electron chi connectivity index (χ0n) is 14.6. The van der Waals surface area contributed by atoms with Crippen LogP contribution in [0.3, 0.4) is 0 Å². The Hall–Kier alpha value is -3.18. The lowest BCUT2D eigenvalue weighted by molar-refractivity contribution is -0.991. The number of Topliss-reactive ketones (excluding diaryl/α,β-unsaturated/α-hetero) is 2. The Balaban J connectivity index is 1.64. The van der Waals surface area contributed by atoms with Gasteiger partial charge in [0.2, 0.25) is 5.78 Å². The molecule has 1 amide bonds. The van der Waals surface area contributed by atoms with Gasteiger partial charge >= 0.3 is 0 Å². The summed E-state index contributed by atoms with van der Waals surface area (Å²) in [5.41, 5.74) is 0.814. The van der Waals surface area contributed by atoms with Gasteiger partial charge in [0.05, 0.1) is 23.7 Å². The number of amides is 1. The Morgan fingerprint density at radius 3 is 2.57 bits per heavy atom. The van der Waals surface area contributed by atoms with Gasteiger partial charge < -0.3 is 9.94 Å². The standard InChI is InChI=1S/C18H15N3O6S/c1-27-12-6-7-13-16(8-12)28-18(19-13)20-17(24)15(23)9-14(22)10-2-4-11(5-3-10)21(25)26/h2-8,21,25H,9H2,1H3,(H,19,20,24). The van der Waals surface area contributed by atoms with Crippen LogP contribution in [-0.2, 0) is 9.59 Å². The van der Waals surface area contributed by atoms with Crippen molar-refractivity contribution in [1.29, 1.82) is 0 Å². The number of methoxy groups -OCH3 is 1. The number of hydrogen-bond donors (Lipinski definition) is 3. The summed E-state index contributed by atoms with van der Waals surface area (Å²) in [7, 11) is 1.54. The molecule has 0 spiro atoms. The highest BCUT2D eigenvalue weighted by atomic mass is 32.1. The maximum Gasteiger partial charge on any atom is 0.294 e. The zero-order chi connectivity index (χ0) is 20.3. The van der Waals surface area contributed by atoms with Crippen LogP contribution in [0.4, 0.5) is 10.8 Å². The number of fused-ring (bicyclic) bond motifs is 1. The van der Waals surface area contributed by atoms with Gasteiger partial charge in [0.1, 0.15) is 5.75 Å². The number of ketones is 2. The van der Waals surface area contributed by atoms with Crippen molar-refractivity contribution < 1.29 is 29.6 Å². The molecule has 1 heterocycles. The van der Waals surface area contributed by atoms with E-state index in [0.717, 1.165) is 4.70 Å². The van der Waals surface area contributed by atoms with E-state index < -0.39 is 29.1 Å². The minimum atomic E-state index is -1.12. The van der Waals surface area contributed by atoms with Crippen LogP contribution in [0.25, 0.3) is 10.2 Å². The van der Waals surface area contributed by atoms with Crippen LogP contribution in [-0.4, -0.2) is 34.8 Å². The third kappa shape index (κ3) is 4.38. The molecule has 28 heavy (non-hydrogen) atoms. The first kappa shape index (κ1) is 19.6. The van der Waals surface area contributed by atoms with Crippen molar-refractivity contribution in [2.75, 3.05) is 12.4 Å². The van der Waals surface area contributed by atoms with Crippen LogP contribution in [0.15, 0.2) is 42.5 Å². The minimum Gasteiger partial charge on any atom is -0.595 e. The monoisotopic (exact) mass is 401 g/mol. The molecule has 1 atom stereocenters. The predicted molar refractivity (Wildman–Crippen MR) is 101 cm³/mol.